The molecule has 0 unspecified atom stereocenters. The second kappa shape index (κ2) is 5.46. The molecule has 0 rings (SSSR count). The Balaban J connectivity index is 0. The van der Waals surface area contributed by atoms with Gasteiger partial charge in [0.05, 0.1) is 0 Å². The van der Waals surface area contributed by atoms with E-state index in [-0.39, 0.29) is 11.9 Å². The number of hydrogen-bond donors (Lipinski definition) is 4. The van der Waals surface area contributed by atoms with Gasteiger partial charge in [0.2, 0.25) is 5.91 Å². The fraction of sp³-hybridized carbons (Fsp3) is 0.333. The molecule has 0 aliphatic carbocycles. The zero-order valence-corrected chi connectivity index (χ0v) is 6.95. The highest BCUT2D eigenvalue weighted by Crippen LogP contribution is 1.64. The van der Waals surface area contributed by atoms with Crippen LogP contribution in [0.15, 0.2) is 4.99 Å². The predicted octanol–water partition coefficient (Wildman–Crippen LogP) is -1.85. The van der Waals surface area contributed by atoms with Gasteiger partial charge >= 0.3 is 10.4 Å². The van der Waals surface area contributed by atoms with Crippen molar-refractivity contribution in [3.8, 4) is 0 Å². The lowest BCUT2D eigenvalue weighted by atomic mass is 10.7. The van der Waals surface area contributed by atoms with Crippen molar-refractivity contribution < 1.29 is 22.3 Å². The molecule has 0 aromatic carbocycles. The molecule has 0 aliphatic rings. The topological polar surface area (TPSA) is 156 Å². The molecule has 1 amide bonds. The first-order valence-electron chi connectivity index (χ1n) is 2.43. The third kappa shape index (κ3) is 68.1. The molecule has 0 saturated heterocycles. The summed E-state index contributed by atoms with van der Waals surface area (Å²) >= 11 is 0. The average molecular weight is 199 g/mol. The van der Waals surface area contributed by atoms with Gasteiger partial charge in [-0.05, 0) is 0 Å². The van der Waals surface area contributed by atoms with Gasteiger partial charge < -0.3 is 11.5 Å². The summed E-state index contributed by atoms with van der Waals surface area (Å²) < 4.78 is 31.6. The highest BCUT2D eigenvalue weighted by molar-refractivity contribution is 7.79. The van der Waals surface area contributed by atoms with E-state index in [1.807, 2.05) is 0 Å². The molecular weight excluding hydrogens is 190 g/mol. The quantitative estimate of drug-likeness (QED) is 0.202. The smallest absolute Gasteiger partial charge is 0.370 e. The Bertz CT molecular complexity index is 256. The van der Waals surface area contributed by atoms with Crippen LogP contribution in [0.2, 0.25) is 0 Å². The van der Waals surface area contributed by atoms with Crippen molar-refractivity contribution in [1.82, 2.24) is 0 Å². The standard InChI is InChI=1S/C3H7N3O.H2O4S/c1-2(7)6-3(4)5;1-5(2,3)4/h1H3,(H4,4,5,6,7);(H2,1,2,3,4). The van der Waals surface area contributed by atoms with Crippen LogP contribution in [0, 0.1) is 0 Å². The van der Waals surface area contributed by atoms with Crippen LogP contribution < -0.4 is 11.5 Å². The van der Waals surface area contributed by atoms with Crippen LogP contribution in [-0.2, 0) is 15.2 Å². The summed E-state index contributed by atoms with van der Waals surface area (Å²) in [6.07, 6.45) is 0. The van der Waals surface area contributed by atoms with E-state index in [1.165, 1.54) is 6.92 Å². The fourth-order valence-electron chi connectivity index (χ4n) is 0.182. The lowest BCUT2D eigenvalue weighted by Crippen LogP contribution is -2.23. The number of guanidine groups is 1. The van der Waals surface area contributed by atoms with Crippen LogP contribution in [0.4, 0.5) is 0 Å². The summed E-state index contributed by atoms with van der Waals surface area (Å²) in [6.45, 7) is 1.28. The summed E-state index contributed by atoms with van der Waals surface area (Å²) in [5.74, 6) is -0.562. The van der Waals surface area contributed by atoms with E-state index in [1.54, 1.807) is 0 Å². The van der Waals surface area contributed by atoms with Crippen LogP contribution in [0.5, 0.6) is 0 Å². The molecule has 0 heterocycles. The highest BCUT2D eigenvalue weighted by Gasteiger charge is 1.84. The number of hydrogen-bond acceptors (Lipinski definition) is 3. The molecule has 0 aromatic heterocycles. The van der Waals surface area contributed by atoms with Gasteiger partial charge in [-0.25, -0.2) is 0 Å². The van der Waals surface area contributed by atoms with Gasteiger partial charge in [-0.2, -0.15) is 13.4 Å². The summed E-state index contributed by atoms with van der Waals surface area (Å²) in [5.41, 5.74) is 9.60. The second-order valence-corrected chi connectivity index (χ2v) is 2.40. The van der Waals surface area contributed by atoms with E-state index in [4.69, 9.17) is 29.0 Å². The molecule has 0 atom stereocenters. The largest absolute Gasteiger partial charge is 0.394 e. The van der Waals surface area contributed by atoms with Crippen LogP contribution in [0.25, 0.3) is 0 Å². The van der Waals surface area contributed by atoms with E-state index in [2.05, 4.69) is 4.99 Å². The molecule has 0 radical (unpaired) electrons. The van der Waals surface area contributed by atoms with Gasteiger partial charge in [0.15, 0.2) is 5.96 Å². The summed E-state index contributed by atoms with van der Waals surface area (Å²) in [7, 11) is -4.67. The van der Waals surface area contributed by atoms with E-state index >= 15 is 0 Å². The fourth-order valence-corrected chi connectivity index (χ4v) is 0.182. The second-order valence-electron chi connectivity index (χ2n) is 1.50. The van der Waals surface area contributed by atoms with Crippen molar-refractivity contribution in [3.63, 3.8) is 0 Å². The molecule has 0 spiro atoms. The van der Waals surface area contributed by atoms with Gasteiger partial charge in [-0.1, -0.05) is 0 Å². The highest BCUT2D eigenvalue weighted by atomic mass is 32.3. The molecule has 0 aliphatic heterocycles. The SMILES string of the molecule is CC(=O)N=C(N)N.O=S(=O)(O)O. The molecule has 6 N–H and O–H groups in total. The normalized spacial score (nSPS) is 9.25. The third-order valence-corrected chi connectivity index (χ3v) is 0.287. The van der Waals surface area contributed by atoms with E-state index in [0.29, 0.717) is 0 Å². The molecule has 0 fully saturated rings. The Labute approximate surface area is 68.8 Å². The lowest BCUT2D eigenvalue weighted by Gasteiger charge is -1.81. The minimum atomic E-state index is -4.67. The molecule has 0 saturated carbocycles. The lowest BCUT2D eigenvalue weighted by molar-refractivity contribution is -0.115. The summed E-state index contributed by atoms with van der Waals surface area (Å²) in [6, 6.07) is 0. The molecule has 0 bridgehead atoms. The van der Waals surface area contributed by atoms with Crippen molar-refractivity contribution in [2.45, 2.75) is 6.92 Å². The number of carbonyl (C=O) groups excluding carboxylic acids is 1. The van der Waals surface area contributed by atoms with Crippen molar-refractivity contribution in [2.24, 2.45) is 16.5 Å². The van der Waals surface area contributed by atoms with Crippen molar-refractivity contribution >= 4 is 22.3 Å². The van der Waals surface area contributed by atoms with Crippen molar-refractivity contribution in [2.75, 3.05) is 0 Å². The van der Waals surface area contributed by atoms with Gasteiger partial charge in [0.1, 0.15) is 0 Å². The van der Waals surface area contributed by atoms with Gasteiger partial charge in [0, 0.05) is 6.92 Å². The van der Waals surface area contributed by atoms with Gasteiger partial charge in [-0.3, -0.25) is 13.9 Å². The average Bonchev–Trinajstić information content (AvgIpc) is 1.52. The molecular formula is C3H9N3O5S. The maximum absolute atomic E-state index is 9.91. The van der Waals surface area contributed by atoms with Crippen LogP contribution >= 0.6 is 0 Å². The Morgan fingerprint density at radius 1 is 1.33 bits per heavy atom. The molecule has 0 aromatic rings. The summed E-state index contributed by atoms with van der Waals surface area (Å²) in [4.78, 5) is 13.0. The zero-order chi connectivity index (χ0) is 10.4. The van der Waals surface area contributed by atoms with E-state index in [9.17, 15) is 4.79 Å². The zero-order valence-electron chi connectivity index (χ0n) is 6.13. The van der Waals surface area contributed by atoms with E-state index in [0.717, 1.165) is 0 Å². The minimum absolute atomic E-state index is 0.187. The maximum atomic E-state index is 9.91. The first kappa shape index (κ1) is 13.4. The van der Waals surface area contributed by atoms with E-state index < -0.39 is 10.4 Å². The number of aliphatic imine (C=N–C) groups is 1. The van der Waals surface area contributed by atoms with Crippen LogP contribution in [-0.4, -0.2) is 29.4 Å². The maximum Gasteiger partial charge on any atom is 0.394 e. The van der Waals surface area contributed by atoms with Crippen LogP contribution in [0.1, 0.15) is 6.92 Å². The molecule has 72 valence electrons. The minimum Gasteiger partial charge on any atom is -0.370 e. The van der Waals surface area contributed by atoms with Gasteiger partial charge in [-0.15, -0.1) is 0 Å². The Kier molecular flexibility index (Phi) is 6.10. The Hall–Kier alpha value is -1.19. The Morgan fingerprint density at radius 2 is 1.58 bits per heavy atom. The van der Waals surface area contributed by atoms with Gasteiger partial charge in [0.25, 0.3) is 0 Å². The predicted molar refractivity (Wildman–Crippen MR) is 40.7 cm³/mol. The van der Waals surface area contributed by atoms with Crippen LogP contribution in [0.3, 0.4) is 0 Å². The molecule has 9 heteroatoms. The number of nitrogens with two attached hydrogens (primary N) is 2. The number of carbonyl (C=O) groups is 1. The number of amides is 1. The Morgan fingerprint density at radius 3 is 1.58 bits per heavy atom. The summed E-state index contributed by atoms with van der Waals surface area (Å²) in [5, 5.41) is 0. The number of nitrogens with zero attached hydrogens (tertiary/aromatic N) is 1. The third-order valence-electron chi connectivity index (χ3n) is 0.287. The van der Waals surface area contributed by atoms with Crippen molar-refractivity contribution in [1.29, 1.82) is 0 Å². The first-order valence-corrected chi connectivity index (χ1v) is 3.82. The monoisotopic (exact) mass is 199 g/mol. The molecule has 8 nitrogen and oxygen atoms in total. The van der Waals surface area contributed by atoms with Crippen molar-refractivity contribution in [3.05, 3.63) is 0 Å². The molecule has 12 heavy (non-hydrogen) atoms. The number of rotatable bonds is 0. The first-order chi connectivity index (χ1) is 5.13.